The molecule has 1 atom stereocenters. The molecule has 1 heterocycles. The van der Waals surface area contributed by atoms with Crippen molar-refractivity contribution >= 4 is 45.4 Å². The lowest BCUT2D eigenvalue weighted by Gasteiger charge is -2.22. The maximum absolute atomic E-state index is 5.06. The average molecular weight is 524 g/mol. The second-order valence-electron chi connectivity index (χ2n) is 10.4. The van der Waals surface area contributed by atoms with Gasteiger partial charge in [-0.25, -0.2) is 9.98 Å². The van der Waals surface area contributed by atoms with Gasteiger partial charge in [-0.05, 0) is 73.6 Å². The molecule has 0 amide bonds. The zero-order valence-electron chi connectivity index (χ0n) is 22.3. The molecular formula is C38H25N3. The fourth-order valence-corrected chi connectivity index (χ4v) is 5.90. The Morgan fingerprint density at radius 1 is 0.463 bits per heavy atom. The van der Waals surface area contributed by atoms with E-state index in [1.807, 2.05) is 36.4 Å². The molecular weight excluding hydrogens is 498 g/mol. The summed E-state index contributed by atoms with van der Waals surface area (Å²) in [7, 11) is 0. The summed E-state index contributed by atoms with van der Waals surface area (Å²) in [5.41, 5.74) is 11.3. The standard InChI is InChI=1S/C38H25N3/c1-3-11-25(12-4-1)36-39-37(26-13-5-2-6-14-26)41-38(40-36)29-16-9-15-27(23-29)28-21-22-34-31-18-8-7-17-30(31)32-19-10-20-33(32)35(34)24-28/h1-9,11-24,36H,(H,39,40,41). The molecule has 2 aliphatic rings. The summed E-state index contributed by atoms with van der Waals surface area (Å²) < 4.78 is 0. The van der Waals surface area contributed by atoms with Gasteiger partial charge in [0.05, 0.1) is 0 Å². The van der Waals surface area contributed by atoms with Crippen LogP contribution in [-0.2, 0) is 0 Å². The van der Waals surface area contributed by atoms with Gasteiger partial charge in [0, 0.05) is 11.1 Å². The van der Waals surface area contributed by atoms with E-state index in [0.717, 1.165) is 33.9 Å². The van der Waals surface area contributed by atoms with Gasteiger partial charge in [0.15, 0.2) is 6.17 Å². The lowest BCUT2D eigenvalue weighted by atomic mass is 9.91. The van der Waals surface area contributed by atoms with Crippen molar-refractivity contribution < 1.29 is 0 Å². The smallest absolute Gasteiger partial charge is 0.169 e. The molecule has 3 heteroatoms. The summed E-state index contributed by atoms with van der Waals surface area (Å²) in [6.45, 7) is 0. The fraction of sp³-hybridized carbons (Fsp3) is 0.0263. The highest BCUT2D eigenvalue weighted by atomic mass is 15.2. The molecule has 1 unspecified atom stereocenters. The number of rotatable bonds is 4. The van der Waals surface area contributed by atoms with E-state index in [0.29, 0.717) is 0 Å². The van der Waals surface area contributed by atoms with Gasteiger partial charge in [0.25, 0.3) is 0 Å². The number of fused-ring (bicyclic) bond motifs is 6. The van der Waals surface area contributed by atoms with Crippen molar-refractivity contribution in [3.63, 3.8) is 0 Å². The Labute approximate surface area is 238 Å². The normalized spacial score (nSPS) is 15.5. The molecule has 0 spiro atoms. The predicted octanol–water partition coefficient (Wildman–Crippen LogP) is 8.79. The third-order valence-electron chi connectivity index (χ3n) is 7.92. The highest BCUT2D eigenvalue weighted by molar-refractivity contribution is 6.17. The minimum absolute atomic E-state index is 0.317. The van der Waals surface area contributed by atoms with Gasteiger partial charge >= 0.3 is 0 Å². The molecule has 6 aromatic rings. The van der Waals surface area contributed by atoms with Gasteiger partial charge in [-0.15, -0.1) is 5.73 Å². The van der Waals surface area contributed by atoms with E-state index < -0.39 is 0 Å². The first kappa shape index (κ1) is 23.4. The molecule has 41 heavy (non-hydrogen) atoms. The van der Waals surface area contributed by atoms with Gasteiger partial charge in [0.1, 0.15) is 11.7 Å². The van der Waals surface area contributed by atoms with Crippen LogP contribution >= 0.6 is 0 Å². The van der Waals surface area contributed by atoms with E-state index in [1.165, 1.54) is 38.2 Å². The van der Waals surface area contributed by atoms with Crippen LogP contribution in [0.15, 0.2) is 143 Å². The van der Waals surface area contributed by atoms with Crippen LogP contribution in [0.1, 0.15) is 34.0 Å². The predicted molar refractivity (Wildman–Crippen MR) is 171 cm³/mol. The minimum Gasteiger partial charge on any atom is -0.324 e. The number of benzene rings is 6. The van der Waals surface area contributed by atoms with Gasteiger partial charge in [-0.2, -0.15) is 0 Å². The molecule has 8 rings (SSSR count). The van der Waals surface area contributed by atoms with Crippen molar-refractivity contribution in [2.75, 3.05) is 0 Å². The summed E-state index contributed by atoms with van der Waals surface area (Å²) in [5, 5.41) is 8.59. The highest BCUT2D eigenvalue weighted by Crippen LogP contribution is 2.38. The van der Waals surface area contributed by atoms with Gasteiger partial charge in [-0.1, -0.05) is 115 Å². The molecule has 0 aromatic heterocycles. The van der Waals surface area contributed by atoms with Crippen LogP contribution in [-0.4, -0.2) is 11.7 Å². The van der Waals surface area contributed by atoms with E-state index >= 15 is 0 Å². The van der Waals surface area contributed by atoms with E-state index in [1.54, 1.807) is 0 Å². The lowest BCUT2D eigenvalue weighted by molar-refractivity contribution is 0.756. The number of hydrogen-bond acceptors (Lipinski definition) is 3. The molecule has 0 saturated carbocycles. The Morgan fingerprint density at radius 3 is 1.85 bits per heavy atom. The molecule has 0 fully saturated rings. The zero-order valence-corrected chi connectivity index (χ0v) is 22.3. The van der Waals surface area contributed by atoms with Crippen molar-refractivity contribution in [1.29, 1.82) is 0 Å². The van der Waals surface area contributed by atoms with Crippen LogP contribution in [0.5, 0.6) is 0 Å². The Morgan fingerprint density at radius 2 is 1.05 bits per heavy atom. The zero-order chi connectivity index (χ0) is 27.2. The van der Waals surface area contributed by atoms with E-state index in [-0.39, 0.29) is 6.17 Å². The fourth-order valence-electron chi connectivity index (χ4n) is 5.90. The number of hydrogen-bond donors (Lipinski definition) is 1. The number of amidine groups is 2. The second-order valence-corrected chi connectivity index (χ2v) is 10.4. The van der Waals surface area contributed by atoms with Crippen LogP contribution in [0.3, 0.4) is 0 Å². The van der Waals surface area contributed by atoms with Crippen molar-refractivity contribution in [3.05, 3.63) is 161 Å². The average Bonchev–Trinajstić information content (AvgIpc) is 3.56. The molecule has 3 nitrogen and oxygen atoms in total. The SMILES string of the molecule is C1=Cc2c(c3cc(-c4cccc(C5=NC(c6ccccc6)N=C(c6ccccc6)N5)c4)ccc3c3ccccc23)C=1. The molecule has 0 saturated heterocycles. The molecule has 1 N–H and O–H groups in total. The molecule has 1 aliphatic carbocycles. The van der Waals surface area contributed by atoms with Gasteiger partial charge in [-0.3, -0.25) is 0 Å². The van der Waals surface area contributed by atoms with E-state index in [2.05, 4.69) is 114 Å². The molecule has 0 radical (unpaired) electrons. The topological polar surface area (TPSA) is 36.8 Å². The maximum atomic E-state index is 5.06. The summed E-state index contributed by atoms with van der Waals surface area (Å²) in [6.07, 6.45) is 3.90. The van der Waals surface area contributed by atoms with Crippen LogP contribution in [0.2, 0.25) is 0 Å². The third kappa shape index (κ3) is 4.08. The summed E-state index contributed by atoms with van der Waals surface area (Å²) >= 11 is 0. The molecule has 6 aromatic carbocycles. The van der Waals surface area contributed by atoms with E-state index in [4.69, 9.17) is 9.98 Å². The molecule has 1 aliphatic heterocycles. The lowest BCUT2D eigenvalue weighted by Crippen LogP contribution is -2.36. The van der Waals surface area contributed by atoms with Crippen molar-refractivity contribution in [3.8, 4) is 11.1 Å². The maximum Gasteiger partial charge on any atom is 0.169 e. The Bertz CT molecular complexity index is 2100. The van der Waals surface area contributed by atoms with Crippen LogP contribution in [0.4, 0.5) is 0 Å². The molecule has 0 bridgehead atoms. The van der Waals surface area contributed by atoms with Crippen molar-refractivity contribution in [2.24, 2.45) is 9.98 Å². The summed E-state index contributed by atoms with van der Waals surface area (Å²) in [4.78, 5) is 10.0. The van der Waals surface area contributed by atoms with E-state index in [9.17, 15) is 0 Å². The molecule has 192 valence electrons. The quantitative estimate of drug-likeness (QED) is 0.182. The number of nitrogens with zero attached hydrogens (tertiary/aromatic N) is 2. The third-order valence-corrected chi connectivity index (χ3v) is 7.92. The van der Waals surface area contributed by atoms with Gasteiger partial charge in [0.2, 0.25) is 0 Å². The van der Waals surface area contributed by atoms with Gasteiger partial charge < -0.3 is 5.32 Å². The monoisotopic (exact) mass is 523 g/mol. The summed E-state index contributed by atoms with van der Waals surface area (Å²) in [6, 6.07) is 44.6. The minimum atomic E-state index is -0.317. The Balaban J connectivity index is 1.23. The summed E-state index contributed by atoms with van der Waals surface area (Å²) in [5.74, 6) is 1.64. The second kappa shape index (κ2) is 9.60. The van der Waals surface area contributed by atoms with Crippen LogP contribution < -0.4 is 5.32 Å². The van der Waals surface area contributed by atoms with Crippen LogP contribution in [0, 0.1) is 0 Å². The van der Waals surface area contributed by atoms with Crippen LogP contribution in [0.25, 0.3) is 44.8 Å². The first-order chi connectivity index (χ1) is 20.3. The largest absolute Gasteiger partial charge is 0.324 e. The Hall–Kier alpha value is -5.50. The first-order valence-electron chi connectivity index (χ1n) is 13.9. The number of nitrogens with one attached hydrogen (secondary N) is 1. The number of aliphatic imine (C=N–C) groups is 2. The highest BCUT2D eigenvalue weighted by Gasteiger charge is 2.21. The van der Waals surface area contributed by atoms with Crippen molar-refractivity contribution in [1.82, 2.24) is 5.32 Å². The first-order valence-corrected chi connectivity index (χ1v) is 13.9. The van der Waals surface area contributed by atoms with Crippen molar-refractivity contribution in [2.45, 2.75) is 6.17 Å². The Kier molecular flexibility index (Phi) is 5.48.